The minimum atomic E-state index is -3.48. The van der Waals surface area contributed by atoms with Crippen LogP contribution in [0.15, 0.2) is 29.2 Å². The molecule has 0 atom stereocenters. The molecule has 0 aliphatic carbocycles. The van der Waals surface area contributed by atoms with Crippen molar-refractivity contribution in [3.63, 3.8) is 0 Å². The molecule has 0 unspecified atom stereocenters. The van der Waals surface area contributed by atoms with Gasteiger partial charge >= 0.3 is 0 Å². The van der Waals surface area contributed by atoms with Crippen molar-refractivity contribution in [3.05, 3.63) is 29.8 Å². The van der Waals surface area contributed by atoms with Gasteiger partial charge in [-0.2, -0.15) is 0 Å². The Morgan fingerprint density at radius 2 is 1.73 bits per heavy atom. The Morgan fingerprint density at radius 3 is 2.23 bits per heavy atom. The predicted molar refractivity (Wildman–Crippen MR) is 85.9 cm³/mol. The van der Waals surface area contributed by atoms with Gasteiger partial charge in [-0.25, -0.2) is 13.1 Å². The molecule has 1 aliphatic heterocycles. The molecule has 22 heavy (non-hydrogen) atoms. The summed E-state index contributed by atoms with van der Waals surface area (Å²) >= 11 is 0. The van der Waals surface area contributed by atoms with E-state index in [-0.39, 0.29) is 17.9 Å². The molecule has 0 aromatic heterocycles. The number of amides is 1. The van der Waals surface area contributed by atoms with Gasteiger partial charge in [-0.3, -0.25) is 4.79 Å². The highest BCUT2D eigenvalue weighted by molar-refractivity contribution is 7.89. The molecule has 0 spiro atoms. The normalized spacial score (nSPS) is 17.0. The molecule has 1 fully saturated rings. The molecule has 0 saturated carbocycles. The number of likely N-dealkylation sites (tertiary alicyclic amines) is 1. The van der Waals surface area contributed by atoms with Crippen molar-refractivity contribution in [1.29, 1.82) is 0 Å². The number of rotatable bonds is 4. The Labute approximate surface area is 132 Å². The predicted octanol–water partition coefficient (Wildman–Crippen LogP) is 1.92. The van der Waals surface area contributed by atoms with Gasteiger partial charge in [-0.05, 0) is 31.9 Å². The van der Waals surface area contributed by atoms with Gasteiger partial charge in [0.15, 0.2) is 0 Å². The first kappa shape index (κ1) is 17.0. The number of nitrogens with zero attached hydrogens (tertiary/aromatic N) is 1. The lowest BCUT2D eigenvalue weighted by molar-refractivity contribution is -0.135. The molecular weight excluding hydrogens is 300 g/mol. The lowest BCUT2D eigenvalue weighted by Gasteiger charge is -2.33. The van der Waals surface area contributed by atoms with Crippen LogP contribution in [0.3, 0.4) is 0 Å². The Morgan fingerprint density at radius 1 is 1.18 bits per heavy atom. The van der Waals surface area contributed by atoms with Crippen molar-refractivity contribution >= 4 is 15.9 Å². The summed E-state index contributed by atoms with van der Waals surface area (Å²) in [5, 5.41) is 0. The number of hydrogen-bond donors (Lipinski definition) is 1. The average Bonchev–Trinajstić information content (AvgIpc) is 2.47. The molecule has 1 saturated heterocycles. The monoisotopic (exact) mass is 324 g/mol. The van der Waals surface area contributed by atoms with E-state index < -0.39 is 10.0 Å². The first-order chi connectivity index (χ1) is 10.3. The lowest BCUT2D eigenvalue weighted by atomic mass is 10.0. The maximum Gasteiger partial charge on any atom is 0.240 e. The zero-order valence-corrected chi connectivity index (χ0v) is 14.2. The largest absolute Gasteiger partial charge is 0.342 e. The molecule has 2 rings (SSSR count). The van der Waals surface area contributed by atoms with Gasteiger partial charge < -0.3 is 4.90 Å². The van der Waals surface area contributed by atoms with E-state index in [1.807, 2.05) is 25.7 Å². The van der Waals surface area contributed by atoms with Gasteiger partial charge in [0, 0.05) is 25.0 Å². The molecule has 1 aromatic carbocycles. The fraction of sp³-hybridized carbons (Fsp3) is 0.562. The summed E-state index contributed by atoms with van der Waals surface area (Å²) in [6.07, 6.45) is 1.31. The van der Waals surface area contributed by atoms with Crippen LogP contribution in [-0.2, 0) is 14.8 Å². The van der Waals surface area contributed by atoms with E-state index >= 15 is 0 Å². The fourth-order valence-corrected chi connectivity index (χ4v) is 3.89. The van der Waals surface area contributed by atoms with E-state index in [1.54, 1.807) is 24.3 Å². The van der Waals surface area contributed by atoms with Crippen LogP contribution in [-0.4, -0.2) is 38.4 Å². The highest BCUT2D eigenvalue weighted by Gasteiger charge is 2.27. The Balaban J connectivity index is 1.95. The zero-order chi connectivity index (χ0) is 16.3. The van der Waals surface area contributed by atoms with Crippen LogP contribution >= 0.6 is 0 Å². The van der Waals surface area contributed by atoms with Gasteiger partial charge in [-0.15, -0.1) is 0 Å². The molecule has 0 bridgehead atoms. The molecular formula is C16H24N2O3S. The fourth-order valence-electron chi connectivity index (χ4n) is 2.59. The Bertz CT molecular complexity index is 615. The topological polar surface area (TPSA) is 66.5 Å². The lowest BCUT2D eigenvalue weighted by Crippen LogP contribution is -2.47. The first-order valence-electron chi connectivity index (χ1n) is 7.67. The van der Waals surface area contributed by atoms with Gasteiger partial charge in [0.2, 0.25) is 15.9 Å². The van der Waals surface area contributed by atoms with Crippen molar-refractivity contribution in [2.45, 2.75) is 44.6 Å². The quantitative estimate of drug-likeness (QED) is 0.920. The van der Waals surface area contributed by atoms with Crippen molar-refractivity contribution in [1.82, 2.24) is 9.62 Å². The summed E-state index contributed by atoms with van der Waals surface area (Å²) in [6.45, 7) is 6.91. The molecule has 1 N–H and O–H groups in total. The minimum absolute atomic E-state index is 0.0131. The molecule has 6 heteroatoms. The van der Waals surface area contributed by atoms with E-state index in [1.165, 1.54) is 0 Å². The third kappa shape index (κ3) is 4.08. The standard InChI is InChI=1S/C16H24N2O3S/c1-12(2)16(19)18-10-8-14(9-11-18)17-22(20,21)15-6-4-13(3)5-7-15/h4-7,12,14,17H,8-11H2,1-3H3. The molecule has 1 aliphatic rings. The smallest absolute Gasteiger partial charge is 0.240 e. The van der Waals surface area contributed by atoms with Crippen molar-refractivity contribution < 1.29 is 13.2 Å². The maximum absolute atomic E-state index is 12.3. The van der Waals surface area contributed by atoms with Crippen LogP contribution in [0.4, 0.5) is 0 Å². The summed E-state index contributed by atoms with van der Waals surface area (Å²) in [4.78, 5) is 14.0. The number of piperidine rings is 1. The minimum Gasteiger partial charge on any atom is -0.342 e. The summed E-state index contributed by atoms with van der Waals surface area (Å²) in [7, 11) is -3.48. The number of nitrogens with one attached hydrogen (secondary N) is 1. The Hall–Kier alpha value is -1.40. The molecule has 1 amide bonds. The second kappa shape index (κ2) is 6.79. The maximum atomic E-state index is 12.3. The second-order valence-corrected chi connectivity index (χ2v) is 7.90. The Kier molecular flexibility index (Phi) is 5.24. The average molecular weight is 324 g/mol. The summed E-state index contributed by atoms with van der Waals surface area (Å²) in [5.41, 5.74) is 1.03. The van der Waals surface area contributed by atoms with Crippen molar-refractivity contribution in [2.24, 2.45) is 5.92 Å². The summed E-state index contributed by atoms with van der Waals surface area (Å²) in [5.74, 6) is 0.126. The van der Waals surface area contributed by atoms with E-state index in [9.17, 15) is 13.2 Å². The highest BCUT2D eigenvalue weighted by atomic mass is 32.2. The number of hydrogen-bond acceptors (Lipinski definition) is 3. The highest BCUT2D eigenvalue weighted by Crippen LogP contribution is 2.17. The van der Waals surface area contributed by atoms with E-state index in [2.05, 4.69) is 4.72 Å². The summed E-state index contributed by atoms with van der Waals surface area (Å²) < 4.78 is 27.4. The third-order valence-electron chi connectivity index (χ3n) is 3.95. The van der Waals surface area contributed by atoms with E-state index in [0.717, 1.165) is 5.56 Å². The van der Waals surface area contributed by atoms with Crippen LogP contribution in [0, 0.1) is 12.8 Å². The molecule has 1 heterocycles. The molecule has 0 radical (unpaired) electrons. The van der Waals surface area contributed by atoms with Crippen LogP contribution in [0.25, 0.3) is 0 Å². The van der Waals surface area contributed by atoms with Crippen LogP contribution in [0.1, 0.15) is 32.3 Å². The SMILES string of the molecule is Cc1ccc(S(=O)(=O)NC2CCN(C(=O)C(C)C)CC2)cc1. The number of benzene rings is 1. The van der Waals surface area contributed by atoms with Crippen molar-refractivity contribution in [2.75, 3.05) is 13.1 Å². The van der Waals surface area contributed by atoms with Crippen LogP contribution in [0.2, 0.25) is 0 Å². The summed E-state index contributed by atoms with van der Waals surface area (Å²) in [6, 6.07) is 6.71. The van der Waals surface area contributed by atoms with E-state index in [4.69, 9.17) is 0 Å². The number of sulfonamides is 1. The van der Waals surface area contributed by atoms with Crippen LogP contribution in [0.5, 0.6) is 0 Å². The second-order valence-electron chi connectivity index (χ2n) is 6.19. The van der Waals surface area contributed by atoms with E-state index in [0.29, 0.717) is 30.8 Å². The van der Waals surface area contributed by atoms with Gasteiger partial charge in [-0.1, -0.05) is 31.5 Å². The van der Waals surface area contributed by atoms with Gasteiger partial charge in [0.05, 0.1) is 4.90 Å². The number of aryl methyl sites for hydroxylation is 1. The molecule has 5 nitrogen and oxygen atoms in total. The zero-order valence-electron chi connectivity index (χ0n) is 13.4. The van der Waals surface area contributed by atoms with Gasteiger partial charge in [0.1, 0.15) is 0 Å². The first-order valence-corrected chi connectivity index (χ1v) is 9.15. The third-order valence-corrected chi connectivity index (χ3v) is 5.49. The molecule has 1 aromatic rings. The van der Waals surface area contributed by atoms with Crippen molar-refractivity contribution in [3.8, 4) is 0 Å². The van der Waals surface area contributed by atoms with Gasteiger partial charge in [0.25, 0.3) is 0 Å². The number of carbonyl (C=O) groups is 1. The van der Waals surface area contributed by atoms with Crippen LogP contribution < -0.4 is 4.72 Å². The molecule has 122 valence electrons. The number of carbonyl (C=O) groups excluding carboxylic acids is 1.